The summed E-state index contributed by atoms with van der Waals surface area (Å²) >= 11 is 1.41. The van der Waals surface area contributed by atoms with Gasteiger partial charge < -0.3 is 39.3 Å². The van der Waals surface area contributed by atoms with Crippen LogP contribution >= 0.6 is 11.8 Å². The third-order valence-electron chi connectivity index (χ3n) is 16.7. The smallest absolute Gasteiger partial charge is 0.410 e. The molecule has 2 saturated heterocycles. The highest BCUT2D eigenvalue weighted by atomic mass is 32.2. The molecule has 2 heterocycles. The number of imide groups is 1. The largest absolute Gasteiger partial charge is 0.445 e. The number of aliphatic hydroxyl groups is 1. The molecular formula is C63H99N5O12S. The van der Waals surface area contributed by atoms with Gasteiger partial charge in [0.2, 0.25) is 23.6 Å². The number of carbonyl (C=O) groups is 8. The first-order valence-electron chi connectivity index (χ1n) is 29.3. The van der Waals surface area contributed by atoms with Crippen molar-refractivity contribution in [2.45, 2.75) is 188 Å². The van der Waals surface area contributed by atoms with Crippen LogP contribution in [0.4, 0.5) is 10.5 Å². The van der Waals surface area contributed by atoms with E-state index in [1.54, 1.807) is 33.2 Å². The van der Waals surface area contributed by atoms with Gasteiger partial charge in [0.05, 0.1) is 54.7 Å². The van der Waals surface area contributed by atoms with Crippen LogP contribution in [0, 0.1) is 35.5 Å². The number of amides is 5. The van der Waals surface area contributed by atoms with Crippen molar-refractivity contribution in [3.8, 4) is 0 Å². The molecule has 2 aromatic carbocycles. The maximum atomic E-state index is 13.6. The number of likely N-dealkylation sites (tertiary alicyclic amines) is 2. The maximum Gasteiger partial charge on any atom is 0.410 e. The molecule has 0 radical (unpaired) electrons. The highest BCUT2D eigenvalue weighted by Crippen LogP contribution is 2.32. The molecule has 11 atom stereocenters. The Kier molecular flexibility index (Phi) is 30.4. The Hall–Kier alpha value is -5.17. The lowest BCUT2D eigenvalue weighted by atomic mass is 9.85. The second kappa shape index (κ2) is 35.1. The summed E-state index contributed by atoms with van der Waals surface area (Å²) in [6.07, 6.45) is 5.83. The number of ether oxygens (including phenoxy) is 3. The number of ketones is 3. The minimum absolute atomic E-state index is 0.0123. The number of nitrogens with zero attached hydrogens (tertiary/aromatic N) is 4. The Morgan fingerprint density at radius 3 is 1.99 bits per heavy atom. The number of hydrogen-bond acceptors (Lipinski definition) is 14. The fourth-order valence-corrected chi connectivity index (χ4v) is 11.6. The average molecular weight is 1150 g/mol. The summed E-state index contributed by atoms with van der Waals surface area (Å²) < 4.78 is 17.2. The van der Waals surface area contributed by atoms with Crippen molar-refractivity contribution in [3.05, 3.63) is 65.7 Å². The van der Waals surface area contributed by atoms with Gasteiger partial charge in [0.15, 0.2) is 11.6 Å². The lowest BCUT2D eigenvalue weighted by Gasteiger charge is -2.39. The molecule has 5 amide bonds. The molecule has 0 aliphatic carbocycles. The van der Waals surface area contributed by atoms with E-state index >= 15 is 0 Å². The second-order valence-electron chi connectivity index (χ2n) is 23.2. The molecule has 81 heavy (non-hydrogen) atoms. The number of thioether (sulfide) groups is 1. The molecule has 0 spiro atoms. The molecular weight excluding hydrogens is 1050 g/mol. The van der Waals surface area contributed by atoms with Crippen LogP contribution < -0.4 is 5.32 Å². The number of Topliss-reactive ketones (excluding diaryl/α,β-unsaturated/α-hetero) is 3. The summed E-state index contributed by atoms with van der Waals surface area (Å²) in [6.45, 7) is 20.8. The van der Waals surface area contributed by atoms with E-state index in [1.807, 2.05) is 93.4 Å². The van der Waals surface area contributed by atoms with Gasteiger partial charge in [-0.2, -0.15) is 11.8 Å². The maximum absolute atomic E-state index is 13.6. The molecule has 4 rings (SSSR count). The molecule has 1 unspecified atom stereocenters. The Morgan fingerprint density at radius 1 is 0.790 bits per heavy atom. The third-order valence-corrected chi connectivity index (χ3v) is 17.6. The minimum Gasteiger partial charge on any atom is -0.445 e. The topological polar surface area (TPSA) is 209 Å². The van der Waals surface area contributed by atoms with E-state index < -0.39 is 36.4 Å². The van der Waals surface area contributed by atoms with Crippen LogP contribution in [0.2, 0.25) is 0 Å². The van der Waals surface area contributed by atoms with E-state index in [1.165, 1.54) is 28.5 Å². The Bertz CT molecular complexity index is 2320. The number of nitrogens with one attached hydrogen (secondary N) is 1. The summed E-state index contributed by atoms with van der Waals surface area (Å²) in [5, 5.41) is 13.6. The number of unbranched alkanes of at least 4 members (excludes halogenated alkanes) is 2. The first kappa shape index (κ1) is 70.1. The van der Waals surface area contributed by atoms with Gasteiger partial charge in [-0.15, -0.1) is 0 Å². The normalized spacial score (nSPS) is 18.7. The first-order valence-corrected chi connectivity index (χ1v) is 30.6. The standard InChI is InChI=1S/C32H49N3O6S.C31H50N2O6/c1-21(2)23(5)17-27(37)30(22(3)4)34(6)32(40)41-20-24-12-14-25(15-13-24)33-19-26(36)11-9-8-10-16-35-29(38)18-28(42-7)31(35)39;1-9-20(2)29(32(6)23(5)34)27(38-7)19-28(36)33-17-13-16-25(33)31(39-8)22(4)26(35)18-21(3)30(37)24-14-11-10-12-15-24/h12-15,21-23,28,30,33H,8-11,16-20H2,1-7H3;10-12,14-15,20-22,25,27,29-31,37H,9,13,16-19H2,1-8H3/t23-,28?,30-;20-,21-,22-,25-,27+,29-,30+,31+/m00/s1. The van der Waals surface area contributed by atoms with Crippen LogP contribution in [0.5, 0.6) is 0 Å². The van der Waals surface area contributed by atoms with Crippen LogP contribution in [0.15, 0.2) is 54.6 Å². The number of carbonyl (C=O) groups excluding carboxylic acids is 8. The number of rotatable bonds is 33. The summed E-state index contributed by atoms with van der Waals surface area (Å²) in [5.74, 6) is -0.0884. The third kappa shape index (κ3) is 21.2. The first-order chi connectivity index (χ1) is 38.3. The van der Waals surface area contributed by atoms with Gasteiger partial charge in [-0.3, -0.25) is 38.5 Å². The van der Waals surface area contributed by atoms with Crippen molar-refractivity contribution in [2.75, 3.05) is 59.5 Å². The number of hydrogen-bond donors (Lipinski definition) is 2. The van der Waals surface area contributed by atoms with E-state index in [4.69, 9.17) is 14.2 Å². The number of aliphatic hydroxyl groups excluding tert-OH is 1. The zero-order valence-electron chi connectivity index (χ0n) is 51.4. The molecule has 0 aromatic heterocycles. The van der Waals surface area contributed by atoms with Crippen molar-refractivity contribution in [1.29, 1.82) is 0 Å². The van der Waals surface area contributed by atoms with Gasteiger partial charge in [-0.1, -0.05) is 118 Å². The van der Waals surface area contributed by atoms with Crippen LogP contribution in [0.3, 0.4) is 0 Å². The molecule has 2 N–H and O–H groups in total. The molecule has 2 aliphatic heterocycles. The summed E-state index contributed by atoms with van der Waals surface area (Å²) in [6, 6.07) is 15.7. The van der Waals surface area contributed by atoms with Crippen LogP contribution in [0.1, 0.15) is 157 Å². The average Bonchev–Trinajstić information content (AvgIpc) is 4.13. The molecule has 0 saturated carbocycles. The lowest BCUT2D eigenvalue weighted by molar-refractivity contribution is -0.145. The van der Waals surface area contributed by atoms with Crippen molar-refractivity contribution in [3.63, 3.8) is 0 Å². The molecule has 17 nitrogen and oxygen atoms in total. The quantitative estimate of drug-likeness (QED) is 0.0504. The second-order valence-corrected chi connectivity index (χ2v) is 24.3. The van der Waals surface area contributed by atoms with Crippen molar-refractivity contribution >= 4 is 64.5 Å². The van der Waals surface area contributed by atoms with E-state index in [-0.39, 0.29) is 114 Å². The lowest BCUT2D eigenvalue weighted by Crippen LogP contribution is -2.52. The Labute approximate surface area is 488 Å². The molecule has 2 aliphatic rings. The summed E-state index contributed by atoms with van der Waals surface area (Å²) in [5.41, 5.74) is 2.38. The van der Waals surface area contributed by atoms with Crippen LogP contribution in [-0.2, 0) is 54.4 Å². The van der Waals surface area contributed by atoms with Crippen molar-refractivity contribution < 1.29 is 57.7 Å². The van der Waals surface area contributed by atoms with Gasteiger partial charge in [0, 0.05) is 85.6 Å². The van der Waals surface area contributed by atoms with E-state index in [2.05, 4.69) is 39.9 Å². The van der Waals surface area contributed by atoms with Crippen molar-refractivity contribution in [1.82, 2.24) is 19.6 Å². The van der Waals surface area contributed by atoms with E-state index in [9.17, 15) is 43.5 Å². The van der Waals surface area contributed by atoms with E-state index in [0.717, 1.165) is 42.5 Å². The molecule has 2 aromatic rings. The zero-order valence-corrected chi connectivity index (χ0v) is 52.3. The fraction of sp³-hybridized carbons (Fsp3) is 0.683. The minimum atomic E-state index is -0.731. The van der Waals surface area contributed by atoms with E-state index in [0.29, 0.717) is 44.7 Å². The molecule has 18 heteroatoms. The number of anilines is 1. The van der Waals surface area contributed by atoms with Gasteiger partial charge >= 0.3 is 6.09 Å². The predicted octanol–water partition coefficient (Wildman–Crippen LogP) is 9.82. The molecule has 454 valence electrons. The SMILES string of the molecule is CC[C@H](C)[C@@H]([C@@H](CC(=O)N1CCC[C@H]1[C@H](OC)[C@@H](C)C(=O)C[C@H](C)[C@@H](O)c1ccccc1)OC)N(C)C(C)=O.CSC1CC(=O)N(CCCCCC(=O)CNc2ccc(COC(=O)N(C)[C@H](C(=O)C[C@H](C)C(C)C)C(C)C)cc2)C1=O. The number of likely N-dealkylation sites (N-methyl/N-ethyl adjacent to an activating group) is 2. The van der Waals surface area contributed by atoms with Gasteiger partial charge in [-0.25, -0.2) is 4.79 Å². The Balaban J connectivity index is 0.000000426. The van der Waals surface area contributed by atoms with Crippen molar-refractivity contribution in [2.24, 2.45) is 35.5 Å². The molecule has 0 bridgehead atoms. The molecule has 2 fully saturated rings. The Morgan fingerprint density at radius 2 is 1.43 bits per heavy atom. The highest BCUT2D eigenvalue weighted by molar-refractivity contribution is 8.00. The summed E-state index contributed by atoms with van der Waals surface area (Å²) in [7, 11) is 6.56. The highest BCUT2D eigenvalue weighted by Gasteiger charge is 2.42. The van der Waals surface area contributed by atoms with Gasteiger partial charge in [0.1, 0.15) is 12.4 Å². The monoisotopic (exact) mass is 1150 g/mol. The predicted molar refractivity (Wildman–Crippen MR) is 319 cm³/mol. The fourth-order valence-electron chi connectivity index (χ4n) is 10.9. The zero-order chi connectivity index (χ0) is 60.7. The van der Waals surface area contributed by atoms with Crippen LogP contribution in [-0.4, -0.2) is 162 Å². The number of benzene rings is 2. The summed E-state index contributed by atoms with van der Waals surface area (Å²) in [4.78, 5) is 108. The number of methoxy groups -OCH3 is 2. The van der Waals surface area contributed by atoms with Gasteiger partial charge in [-0.05, 0) is 84.8 Å². The van der Waals surface area contributed by atoms with Crippen LogP contribution in [0.25, 0.3) is 0 Å². The van der Waals surface area contributed by atoms with Gasteiger partial charge in [0.25, 0.3) is 0 Å².